The zero-order valence-electron chi connectivity index (χ0n) is 7.16. The van der Waals surface area contributed by atoms with Crippen molar-refractivity contribution in [3.8, 4) is 0 Å². The number of aliphatic hydroxyl groups is 2. The van der Waals surface area contributed by atoms with Gasteiger partial charge in [-0.25, -0.2) is 0 Å². The largest absolute Gasteiger partial charge is 0.368 e. The molecule has 66 valence electrons. The summed E-state index contributed by atoms with van der Waals surface area (Å²) < 4.78 is 0. The highest BCUT2D eigenvalue weighted by atomic mass is 16.5. The molecular formula is C9H18O2. The van der Waals surface area contributed by atoms with Crippen molar-refractivity contribution in [3.05, 3.63) is 0 Å². The minimum atomic E-state index is -1.09. The van der Waals surface area contributed by atoms with Crippen LogP contribution in [0.3, 0.4) is 0 Å². The van der Waals surface area contributed by atoms with E-state index in [-0.39, 0.29) is 0 Å². The first kappa shape index (κ1) is 9.01. The molecule has 11 heavy (non-hydrogen) atoms. The first-order valence-corrected chi connectivity index (χ1v) is 4.54. The van der Waals surface area contributed by atoms with E-state index < -0.39 is 6.29 Å². The van der Waals surface area contributed by atoms with Crippen molar-refractivity contribution >= 4 is 0 Å². The van der Waals surface area contributed by atoms with E-state index in [9.17, 15) is 0 Å². The normalized spacial score (nSPS) is 32.7. The molecule has 0 aliphatic heterocycles. The molecule has 2 unspecified atom stereocenters. The van der Waals surface area contributed by atoms with Crippen LogP contribution in [0.4, 0.5) is 0 Å². The maximum atomic E-state index is 8.75. The fourth-order valence-corrected chi connectivity index (χ4v) is 2.07. The van der Waals surface area contributed by atoms with Crippen LogP contribution >= 0.6 is 0 Å². The summed E-state index contributed by atoms with van der Waals surface area (Å²) in [6.45, 7) is 2.25. The third-order valence-corrected chi connectivity index (χ3v) is 2.59. The Morgan fingerprint density at radius 1 is 1.36 bits per heavy atom. The van der Waals surface area contributed by atoms with Crippen LogP contribution < -0.4 is 0 Å². The molecule has 2 atom stereocenters. The molecule has 0 radical (unpaired) electrons. The molecule has 0 aromatic carbocycles. The van der Waals surface area contributed by atoms with Gasteiger partial charge in [-0.2, -0.15) is 0 Å². The van der Waals surface area contributed by atoms with E-state index in [2.05, 4.69) is 6.92 Å². The lowest BCUT2D eigenvalue weighted by molar-refractivity contribution is -0.0603. The van der Waals surface area contributed by atoms with Crippen molar-refractivity contribution in [2.75, 3.05) is 0 Å². The number of hydrogen-bond donors (Lipinski definition) is 2. The molecule has 0 heterocycles. The summed E-state index contributed by atoms with van der Waals surface area (Å²) in [5.41, 5.74) is 0. The Balaban J connectivity index is 2.23. The molecule has 1 fully saturated rings. The lowest BCUT2D eigenvalue weighted by Crippen LogP contribution is -2.18. The first-order valence-electron chi connectivity index (χ1n) is 4.54. The van der Waals surface area contributed by atoms with Crippen LogP contribution in [0.5, 0.6) is 0 Å². The average molecular weight is 158 g/mol. The van der Waals surface area contributed by atoms with Gasteiger partial charge in [-0.1, -0.05) is 26.2 Å². The second kappa shape index (κ2) is 4.07. The maximum absolute atomic E-state index is 8.75. The van der Waals surface area contributed by atoms with Gasteiger partial charge < -0.3 is 10.2 Å². The highest BCUT2D eigenvalue weighted by molar-refractivity contribution is 4.70. The molecule has 2 heteroatoms. The quantitative estimate of drug-likeness (QED) is 0.598. The molecule has 0 spiro atoms. The Hall–Kier alpha value is -0.0800. The van der Waals surface area contributed by atoms with Crippen LogP contribution in [0, 0.1) is 11.8 Å². The van der Waals surface area contributed by atoms with Gasteiger partial charge in [-0.05, 0) is 18.3 Å². The zero-order valence-corrected chi connectivity index (χ0v) is 7.16. The van der Waals surface area contributed by atoms with Gasteiger partial charge >= 0.3 is 0 Å². The molecule has 0 saturated heterocycles. The molecule has 1 rings (SSSR count). The van der Waals surface area contributed by atoms with Crippen LogP contribution in [-0.4, -0.2) is 16.5 Å². The van der Waals surface area contributed by atoms with Gasteiger partial charge in [-0.15, -0.1) is 0 Å². The van der Waals surface area contributed by atoms with Crippen LogP contribution in [0.2, 0.25) is 0 Å². The highest BCUT2D eigenvalue weighted by Gasteiger charge is 2.20. The summed E-state index contributed by atoms with van der Waals surface area (Å²) in [6.07, 6.45) is 4.42. The Labute approximate surface area is 68.2 Å². The fourth-order valence-electron chi connectivity index (χ4n) is 2.07. The standard InChI is InChI=1S/C9H18O2/c1-7-3-2-4-8(5-7)6-9(10)11/h7-11H,2-6H2,1H3. The second-order valence-corrected chi connectivity index (χ2v) is 3.85. The molecule has 0 amide bonds. The van der Waals surface area contributed by atoms with E-state index in [1.807, 2.05) is 0 Å². The first-order chi connectivity index (χ1) is 5.18. The Morgan fingerprint density at radius 3 is 2.64 bits per heavy atom. The SMILES string of the molecule is CC1CCCC(CC(O)O)C1. The molecule has 0 aromatic rings. The molecular weight excluding hydrogens is 140 g/mol. The summed E-state index contributed by atoms with van der Waals surface area (Å²) in [5, 5.41) is 17.5. The molecule has 0 bridgehead atoms. The predicted octanol–water partition coefficient (Wildman–Crippen LogP) is 1.51. The van der Waals surface area contributed by atoms with Crippen LogP contribution in [-0.2, 0) is 0 Å². The number of rotatable bonds is 2. The van der Waals surface area contributed by atoms with E-state index in [0.29, 0.717) is 12.3 Å². The summed E-state index contributed by atoms with van der Waals surface area (Å²) in [4.78, 5) is 0. The lowest BCUT2D eigenvalue weighted by Gasteiger charge is -2.26. The van der Waals surface area contributed by atoms with Gasteiger partial charge in [0.2, 0.25) is 0 Å². The Morgan fingerprint density at radius 2 is 2.09 bits per heavy atom. The van der Waals surface area contributed by atoms with Gasteiger partial charge in [-0.3, -0.25) is 0 Å². The van der Waals surface area contributed by atoms with Crippen LogP contribution in [0.1, 0.15) is 39.0 Å². The van der Waals surface area contributed by atoms with Crippen molar-refractivity contribution in [2.24, 2.45) is 11.8 Å². The van der Waals surface area contributed by atoms with Crippen LogP contribution in [0.25, 0.3) is 0 Å². The summed E-state index contributed by atoms with van der Waals surface area (Å²) in [7, 11) is 0. The summed E-state index contributed by atoms with van der Waals surface area (Å²) in [6, 6.07) is 0. The van der Waals surface area contributed by atoms with E-state index in [1.54, 1.807) is 0 Å². The monoisotopic (exact) mass is 158 g/mol. The van der Waals surface area contributed by atoms with Gasteiger partial charge in [0.1, 0.15) is 0 Å². The van der Waals surface area contributed by atoms with Crippen molar-refractivity contribution in [2.45, 2.75) is 45.3 Å². The lowest BCUT2D eigenvalue weighted by atomic mass is 9.81. The number of hydrogen-bond acceptors (Lipinski definition) is 2. The van der Waals surface area contributed by atoms with Crippen LogP contribution in [0.15, 0.2) is 0 Å². The fraction of sp³-hybridized carbons (Fsp3) is 1.00. The molecule has 1 saturated carbocycles. The van der Waals surface area contributed by atoms with Gasteiger partial charge in [0.15, 0.2) is 6.29 Å². The zero-order chi connectivity index (χ0) is 8.27. The van der Waals surface area contributed by atoms with Crippen molar-refractivity contribution in [1.29, 1.82) is 0 Å². The molecule has 1 aliphatic carbocycles. The molecule has 2 nitrogen and oxygen atoms in total. The van der Waals surface area contributed by atoms with Gasteiger partial charge in [0.05, 0.1) is 0 Å². The topological polar surface area (TPSA) is 40.5 Å². The molecule has 0 aromatic heterocycles. The van der Waals surface area contributed by atoms with E-state index in [4.69, 9.17) is 10.2 Å². The smallest absolute Gasteiger partial charge is 0.151 e. The van der Waals surface area contributed by atoms with Gasteiger partial charge in [0.25, 0.3) is 0 Å². The van der Waals surface area contributed by atoms with Crippen molar-refractivity contribution < 1.29 is 10.2 Å². The third kappa shape index (κ3) is 3.21. The summed E-state index contributed by atoms with van der Waals surface area (Å²) >= 11 is 0. The highest BCUT2D eigenvalue weighted by Crippen LogP contribution is 2.30. The Bertz CT molecular complexity index is 110. The molecule has 2 N–H and O–H groups in total. The second-order valence-electron chi connectivity index (χ2n) is 3.85. The molecule has 1 aliphatic rings. The predicted molar refractivity (Wildman–Crippen MR) is 44.0 cm³/mol. The van der Waals surface area contributed by atoms with E-state index >= 15 is 0 Å². The third-order valence-electron chi connectivity index (χ3n) is 2.59. The van der Waals surface area contributed by atoms with Gasteiger partial charge in [0, 0.05) is 6.42 Å². The van der Waals surface area contributed by atoms with Crippen molar-refractivity contribution in [3.63, 3.8) is 0 Å². The van der Waals surface area contributed by atoms with Crippen molar-refractivity contribution in [1.82, 2.24) is 0 Å². The minimum absolute atomic E-state index is 0.554. The Kier molecular flexibility index (Phi) is 3.34. The summed E-state index contributed by atoms with van der Waals surface area (Å²) in [5.74, 6) is 1.34. The number of aliphatic hydroxyl groups excluding tert-OH is 1. The maximum Gasteiger partial charge on any atom is 0.151 e. The van der Waals surface area contributed by atoms with E-state index in [0.717, 1.165) is 5.92 Å². The minimum Gasteiger partial charge on any atom is -0.368 e. The van der Waals surface area contributed by atoms with E-state index in [1.165, 1.54) is 25.7 Å². The average Bonchev–Trinajstić information content (AvgIpc) is 1.85.